The highest BCUT2D eigenvalue weighted by molar-refractivity contribution is 7.98. The van der Waals surface area contributed by atoms with Crippen molar-refractivity contribution in [3.63, 3.8) is 0 Å². The Labute approximate surface area is 134 Å². The van der Waals surface area contributed by atoms with Crippen molar-refractivity contribution < 1.29 is 0 Å². The zero-order chi connectivity index (χ0) is 16.0. The Kier molecular flexibility index (Phi) is 6.78. The molecule has 1 unspecified atom stereocenters. The van der Waals surface area contributed by atoms with Gasteiger partial charge >= 0.3 is 0 Å². The number of hydrogen-bond donors (Lipinski definition) is 1. The van der Waals surface area contributed by atoms with Crippen molar-refractivity contribution in [1.82, 2.24) is 9.97 Å². The van der Waals surface area contributed by atoms with Crippen molar-refractivity contribution in [2.24, 2.45) is 0 Å². The maximum Gasteiger partial charge on any atom is 0.138 e. The molecule has 120 valence electrons. The number of thioether (sulfide) groups is 1. The molecule has 0 aliphatic carbocycles. The molecule has 1 N–H and O–H groups in total. The molecule has 0 saturated carbocycles. The lowest BCUT2D eigenvalue weighted by atomic mass is 9.96. The minimum atomic E-state index is -0.0533. The number of hydrogen-bond acceptors (Lipinski definition) is 5. The molecule has 0 aliphatic rings. The van der Waals surface area contributed by atoms with E-state index >= 15 is 0 Å². The number of rotatable bonds is 7. The van der Waals surface area contributed by atoms with Crippen LogP contribution in [0.4, 0.5) is 11.6 Å². The fourth-order valence-electron chi connectivity index (χ4n) is 1.87. The topological polar surface area (TPSA) is 41.0 Å². The normalized spacial score (nSPS) is 13.1. The Morgan fingerprint density at radius 2 is 2.00 bits per heavy atom. The van der Waals surface area contributed by atoms with E-state index in [9.17, 15) is 0 Å². The highest BCUT2D eigenvalue weighted by Gasteiger charge is 2.21. The fourth-order valence-corrected chi connectivity index (χ4v) is 2.58. The van der Waals surface area contributed by atoms with Crippen molar-refractivity contribution in [2.75, 3.05) is 35.8 Å². The maximum atomic E-state index is 4.78. The second kappa shape index (κ2) is 7.87. The fraction of sp³-hybridized carbons (Fsp3) is 0.750. The first kappa shape index (κ1) is 18.1. The van der Waals surface area contributed by atoms with E-state index in [4.69, 9.17) is 4.98 Å². The van der Waals surface area contributed by atoms with Gasteiger partial charge in [0.05, 0.1) is 0 Å². The molecule has 1 aromatic rings. The third-order valence-electron chi connectivity index (χ3n) is 3.37. The largest absolute Gasteiger partial charge is 0.370 e. The van der Waals surface area contributed by atoms with Crippen molar-refractivity contribution >= 4 is 23.4 Å². The lowest BCUT2D eigenvalue weighted by molar-refractivity contribution is 0.544. The molecule has 0 spiro atoms. The first-order chi connectivity index (χ1) is 9.79. The molecule has 0 fully saturated rings. The highest BCUT2D eigenvalue weighted by Crippen LogP contribution is 2.24. The zero-order valence-corrected chi connectivity index (χ0v) is 15.3. The Balaban J connectivity index is 3.11. The molecule has 4 nitrogen and oxygen atoms in total. The van der Waals surface area contributed by atoms with E-state index in [-0.39, 0.29) is 5.41 Å². The molecule has 0 aliphatic heterocycles. The van der Waals surface area contributed by atoms with Crippen LogP contribution in [-0.4, -0.2) is 41.6 Å². The first-order valence-electron chi connectivity index (χ1n) is 7.64. The molecule has 21 heavy (non-hydrogen) atoms. The highest BCUT2D eigenvalue weighted by atomic mass is 32.2. The molecule has 1 aromatic heterocycles. The summed E-state index contributed by atoms with van der Waals surface area (Å²) in [5.74, 6) is 3.90. The molecule has 1 atom stereocenters. The summed E-state index contributed by atoms with van der Waals surface area (Å²) < 4.78 is 0. The summed E-state index contributed by atoms with van der Waals surface area (Å²) in [6.45, 7) is 11.8. The van der Waals surface area contributed by atoms with Crippen molar-refractivity contribution in [3.8, 4) is 0 Å². The average molecular weight is 311 g/mol. The van der Waals surface area contributed by atoms with Gasteiger partial charge in [0.15, 0.2) is 0 Å². The van der Waals surface area contributed by atoms with Crippen LogP contribution in [0.5, 0.6) is 0 Å². The van der Waals surface area contributed by atoms with Gasteiger partial charge in [0.25, 0.3) is 0 Å². The summed E-state index contributed by atoms with van der Waals surface area (Å²) in [6, 6.07) is 2.50. The molecule has 0 aromatic carbocycles. The Hall–Kier alpha value is -0.970. The third kappa shape index (κ3) is 5.38. The number of aromatic nitrogens is 2. The number of anilines is 2. The summed E-state index contributed by atoms with van der Waals surface area (Å²) in [7, 11) is 2.11. The smallest absolute Gasteiger partial charge is 0.138 e. The monoisotopic (exact) mass is 310 g/mol. The van der Waals surface area contributed by atoms with Gasteiger partial charge in [-0.15, -0.1) is 0 Å². The summed E-state index contributed by atoms with van der Waals surface area (Å²) in [5, 5.41) is 3.39. The van der Waals surface area contributed by atoms with Gasteiger partial charge < -0.3 is 10.2 Å². The minimum absolute atomic E-state index is 0.0533. The molecule has 0 saturated heterocycles. The van der Waals surface area contributed by atoms with Crippen LogP contribution in [0.2, 0.25) is 0 Å². The minimum Gasteiger partial charge on any atom is -0.370 e. The summed E-state index contributed by atoms with van der Waals surface area (Å²) >= 11 is 1.86. The molecule has 0 radical (unpaired) electrons. The number of nitrogens with zero attached hydrogens (tertiary/aromatic N) is 3. The van der Waals surface area contributed by atoms with Crippen molar-refractivity contribution in [2.45, 2.75) is 52.5 Å². The van der Waals surface area contributed by atoms with Crippen LogP contribution in [0.3, 0.4) is 0 Å². The van der Waals surface area contributed by atoms with Crippen LogP contribution in [0, 0.1) is 0 Å². The summed E-state index contributed by atoms with van der Waals surface area (Å²) in [5.41, 5.74) is -0.0533. The maximum absolute atomic E-state index is 4.78. The van der Waals surface area contributed by atoms with Crippen molar-refractivity contribution in [1.29, 1.82) is 0 Å². The van der Waals surface area contributed by atoms with Crippen LogP contribution in [-0.2, 0) is 5.41 Å². The van der Waals surface area contributed by atoms with Crippen LogP contribution < -0.4 is 10.2 Å². The second-order valence-electron chi connectivity index (χ2n) is 6.53. The third-order valence-corrected chi connectivity index (χ3v) is 4.19. The van der Waals surface area contributed by atoms with Gasteiger partial charge in [-0.3, -0.25) is 0 Å². The predicted molar refractivity (Wildman–Crippen MR) is 95.8 cm³/mol. The lowest BCUT2D eigenvalue weighted by Crippen LogP contribution is -2.32. The summed E-state index contributed by atoms with van der Waals surface area (Å²) in [6.07, 6.45) is 3.22. The zero-order valence-electron chi connectivity index (χ0n) is 14.5. The van der Waals surface area contributed by atoms with E-state index in [0.717, 1.165) is 36.2 Å². The van der Waals surface area contributed by atoms with Crippen LogP contribution in [0.25, 0.3) is 0 Å². The molecular weight excluding hydrogens is 280 g/mol. The van der Waals surface area contributed by atoms with Gasteiger partial charge in [-0.05, 0) is 19.6 Å². The van der Waals surface area contributed by atoms with Gasteiger partial charge in [-0.25, -0.2) is 9.97 Å². The van der Waals surface area contributed by atoms with Gasteiger partial charge in [0.2, 0.25) is 0 Å². The second-order valence-corrected chi connectivity index (χ2v) is 7.44. The Morgan fingerprint density at radius 3 is 2.52 bits per heavy atom. The number of nitrogens with one attached hydrogen (secondary N) is 1. The summed E-state index contributed by atoms with van der Waals surface area (Å²) in [4.78, 5) is 11.7. The van der Waals surface area contributed by atoms with Gasteiger partial charge in [0, 0.05) is 36.9 Å². The standard InChI is InChI=1S/C16H30N4S/c1-8-9-17-13-10-14(20(6)12(2)11-21-7)19-15(18-13)16(3,4)5/h10,12H,8-9,11H2,1-7H3,(H,17,18,19). The van der Waals surface area contributed by atoms with Crippen LogP contribution in [0.15, 0.2) is 6.07 Å². The molecular formula is C16H30N4S. The Bertz CT molecular complexity index is 442. The van der Waals surface area contributed by atoms with E-state index in [1.54, 1.807) is 0 Å². The first-order valence-corrected chi connectivity index (χ1v) is 9.04. The van der Waals surface area contributed by atoms with E-state index < -0.39 is 0 Å². The quantitative estimate of drug-likeness (QED) is 0.830. The Morgan fingerprint density at radius 1 is 1.33 bits per heavy atom. The molecule has 5 heteroatoms. The molecule has 0 amide bonds. The SMILES string of the molecule is CCCNc1cc(N(C)C(C)CSC)nc(C(C)(C)C)n1. The van der Waals surface area contributed by atoms with Gasteiger partial charge in [-0.2, -0.15) is 11.8 Å². The van der Waals surface area contributed by atoms with Crippen molar-refractivity contribution in [3.05, 3.63) is 11.9 Å². The van der Waals surface area contributed by atoms with E-state index in [0.29, 0.717) is 6.04 Å². The average Bonchev–Trinajstić information content (AvgIpc) is 2.43. The molecule has 1 rings (SSSR count). The van der Waals surface area contributed by atoms with E-state index in [1.807, 2.05) is 11.8 Å². The van der Waals surface area contributed by atoms with E-state index in [2.05, 4.69) is 69.2 Å². The van der Waals surface area contributed by atoms with Crippen LogP contribution in [0.1, 0.15) is 46.9 Å². The van der Waals surface area contributed by atoms with Gasteiger partial charge in [-0.1, -0.05) is 27.7 Å². The van der Waals surface area contributed by atoms with Gasteiger partial charge in [0.1, 0.15) is 17.5 Å². The molecule has 1 heterocycles. The molecule has 0 bridgehead atoms. The van der Waals surface area contributed by atoms with Crippen LogP contribution >= 0.6 is 11.8 Å². The van der Waals surface area contributed by atoms with E-state index in [1.165, 1.54) is 0 Å². The predicted octanol–water partition coefficient (Wildman–Crippen LogP) is 3.78. The lowest BCUT2D eigenvalue weighted by Gasteiger charge is -2.27.